The standard InChI is InChI=1S/C13H16N4O2/c1-19-10-3-4-16(8-10)13(18)11-7-15-17-5-2-9(14)6-12(11)17/h2,5-7,10H,3-4,8,14H2,1H3/t10-/m1/s1. The number of hydrogen-bond acceptors (Lipinski definition) is 4. The number of rotatable bonds is 2. The molecule has 19 heavy (non-hydrogen) atoms. The van der Waals surface area contributed by atoms with Crippen molar-refractivity contribution in [3.63, 3.8) is 0 Å². The molecule has 0 unspecified atom stereocenters. The first-order valence-corrected chi connectivity index (χ1v) is 6.24. The van der Waals surface area contributed by atoms with Crippen LogP contribution in [0.25, 0.3) is 5.52 Å². The molecule has 1 fully saturated rings. The van der Waals surface area contributed by atoms with Gasteiger partial charge < -0.3 is 15.4 Å². The van der Waals surface area contributed by atoms with E-state index in [9.17, 15) is 4.79 Å². The van der Waals surface area contributed by atoms with E-state index in [2.05, 4.69) is 5.10 Å². The molecule has 3 heterocycles. The quantitative estimate of drug-likeness (QED) is 0.866. The number of pyridine rings is 1. The van der Waals surface area contributed by atoms with E-state index in [1.54, 1.807) is 41.1 Å². The lowest BCUT2D eigenvalue weighted by Crippen LogP contribution is -2.29. The molecular weight excluding hydrogens is 244 g/mol. The van der Waals surface area contributed by atoms with Crippen molar-refractivity contribution in [2.75, 3.05) is 25.9 Å². The summed E-state index contributed by atoms with van der Waals surface area (Å²) in [4.78, 5) is 14.3. The number of methoxy groups -OCH3 is 1. The molecule has 1 saturated heterocycles. The van der Waals surface area contributed by atoms with Crippen molar-refractivity contribution < 1.29 is 9.53 Å². The number of fused-ring (bicyclic) bond motifs is 1. The number of anilines is 1. The topological polar surface area (TPSA) is 72.9 Å². The summed E-state index contributed by atoms with van der Waals surface area (Å²) in [7, 11) is 1.68. The molecule has 0 aromatic carbocycles. The fourth-order valence-electron chi connectivity index (χ4n) is 2.44. The Hall–Kier alpha value is -2.08. The van der Waals surface area contributed by atoms with E-state index in [-0.39, 0.29) is 12.0 Å². The normalized spacial score (nSPS) is 19.2. The minimum atomic E-state index is -0.0137. The molecule has 1 aliphatic rings. The molecule has 0 radical (unpaired) electrons. The van der Waals surface area contributed by atoms with Crippen molar-refractivity contribution >= 4 is 17.1 Å². The summed E-state index contributed by atoms with van der Waals surface area (Å²) in [6.07, 6.45) is 4.36. The van der Waals surface area contributed by atoms with Crippen LogP contribution in [0.4, 0.5) is 5.69 Å². The maximum atomic E-state index is 12.5. The summed E-state index contributed by atoms with van der Waals surface area (Å²) in [5.41, 5.74) is 7.72. The largest absolute Gasteiger partial charge is 0.399 e. The first-order chi connectivity index (χ1) is 9.19. The van der Waals surface area contributed by atoms with Gasteiger partial charge in [-0.1, -0.05) is 0 Å². The van der Waals surface area contributed by atoms with Crippen LogP contribution in [-0.4, -0.2) is 46.7 Å². The number of nitrogen functional groups attached to an aromatic ring is 1. The Labute approximate surface area is 110 Å². The molecule has 0 spiro atoms. The molecular formula is C13H16N4O2. The average molecular weight is 260 g/mol. The third kappa shape index (κ3) is 2.04. The second kappa shape index (κ2) is 4.55. The monoisotopic (exact) mass is 260 g/mol. The van der Waals surface area contributed by atoms with Crippen molar-refractivity contribution in [3.8, 4) is 0 Å². The number of carbonyl (C=O) groups excluding carboxylic acids is 1. The van der Waals surface area contributed by atoms with Gasteiger partial charge in [-0.15, -0.1) is 0 Å². The Morgan fingerprint density at radius 2 is 2.42 bits per heavy atom. The van der Waals surface area contributed by atoms with Gasteiger partial charge in [-0.25, -0.2) is 4.52 Å². The lowest BCUT2D eigenvalue weighted by molar-refractivity contribution is 0.0726. The SMILES string of the molecule is CO[C@@H]1CCN(C(=O)c2cnn3ccc(N)cc23)C1. The van der Waals surface area contributed by atoms with Gasteiger partial charge in [-0.05, 0) is 18.6 Å². The van der Waals surface area contributed by atoms with E-state index < -0.39 is 0 Å². The summed E-state index contributed by atoms with van der Waals surface area (Å²) in [5, 5.41) is 4.17. The highest BCUT2D eigenvalue weighted by molar-refractivity contribution is 6.01. The summed E-state index contributed by atoms with van der Waals surface area (Å²) in [6.45, 7) is 1.35. The number of ether oxygens (including phenoxy) is 1. The van der Waals surface area contributed by atoms with Crippen LogP contribution >= 0.6 is 0 Å². The van der Waals surface area contributed by atoms with Crippen molar-refractivity contribution in [1.29, 1.82) is 0 Å². The molecule has 1 aliphatic heterocycles. The number of likely N-dealkylation sites (tertiary alicyclic amines) is 1. The molecule has 2 N–H and O–H groups in total. The van der Waals surface area contributed by atoms with Crippen molar-refractivity contribution in [2.45, 2.75) is 12.5 Å². The Bertz CT molecular complexity index is 622. The molecule has 0 bridgehead atoms. The van der Waals surface area contributed by atoms with Crippen LogP contribution in [-0.2, 0) is 4.74 Å². The molecule has 100 valence electrons. The van der Waals surface area contributed by atoms with Gasteiger partial charge in [0.05, 0.1) is 23.4 Å². The maximum Gasteiger partial charge on any atom is 0.257 e. The third-order valence-corrected chi connectivity index (χ3v) is 3.54. The maximum absolute atomic E-state index is 12.5. The summed E-state index contributed by atoms with van der Waals surface area (Å²) < 4.78 is 6.94. The zero-order valence-corrected chi connectivity index (χ0v) is 10.7. The summed E-state index contributed by atoms with van der Waals surface area (Å²) in [6, 6.07) is 3.52. The van der Waals surface area contributed by atoms with Gasteiger partial charge in [-0.2, -0.15) is 5.10 Å². The van der Waals surface area contributed by atoms with Crippen LogP contribution in [0.5, 0.6) is 0 Å². The highest BCUT2D eigenvalue weighted by Crippen LogP contribution is 2.19. The van der Waals surface area contributed by atoms with E-state index >= 15 is 0 Å². The first kappa shape index (κ1) is 12.0. The lowest BCUT2D eigenvalue weighted by Gasteiger charge is -2.15. The molecule has 1 atom stereocenters. The highest BCUT2D eigenvalue weighted by Gasteiger charge is 2.28. The van der Waals surface area contributed by atoms with Gasteiger partial charge >= 0.3 is 0 Å². The van der Waals surface area contributed by atoms with Crippen molar-refractivity contribution in [2.24, 2.45) is 0 Å². The second-order valence-corrected chi connectivity index (χ2v) is 4.75. The minimum Gasteiger partial charge on any atom is -0.399 e. The van der Waals surface area contributed by atoms with Gasteiger partial charge in [0.25, 0.3) is 5.91 Å². The van der Waals surface area contributed by atoms with E-state index in [0.717, 1.165) is 18.5 Å². The van der Waals surface area contributed by atoms with E-state index in [1.165, 1.54) is 0 Å². The number of nitrogens with two attached hydrogens (primary N) is 1. The second-order valence-electron chi connectivity index (χ2n) is 4.75. The molecule has 1 amide bonds. The fourth-order valence-corrected chi connectivity index (χ4v) is 2.44. The lowest BCUT2D eigenvalue weighted by atomic mass is 10.2. The molecule has 2 aromatic rings. The third-order valence-electron chi connectivity index (χ3n) is 3.54. The highest BCUT2D eigenvalue weighted by atomic mass is 16.5. The van der Waals surface area contributed by atoms with Gasteiger partial charge in [-0.3, -0.25) is 4.79 Å². The molecule has 6 nitrogen and oxygen atoms in total. The molecule has 2 aromatic heterocycles. The first-order valence-electron chi connectivity index (χ1n) is 6.24. The van der Waals surface area contributed by atoms with Crippen molar-refractivity contribution in [3.05, 3.63) is 30.1 Å². The predicted molar refractivity (Wildman–Crippen MR) is 70.9 cm³/mol. The zero-order valence-electron chi connectivity index (χ0n) is 10.7. The van der Waals surface area contributed by atoms with Crippen LogP contribution in [0.3, 0.4) is 0 Å². The Balaban J connectivity index is 1.92. The van der Waals surface area contributed by atoms with Crippen LogP contribution in [0.15, 0.2) is 24.5 Å². The number of nitrogens with zero attached hydrogens (tertiary/aromatic N) is 3. The molecule has 0 aliphatic carbocycles. The smallest absolute Gasteiger partial charge is 0.257 e. The van der Waals surface area contributed by atoms with Crippen LogP contribution in [0, 0.1) is 0 Å². The van der Waals surface area contributed by atoms with Crippen LogP contribution in [0.1, 0.15) is 16.8 Å². The van der Waals surface area contributed by atoms with Crippen molar-refractivity contribution in [1.82, 2.24) is 14.5 Å². The van der Waals surface area contributed by atoms with E-state index in [4.69, 9.17) is 10.5 Å². The van der Waals surface area contributed by atoms with Gasteiger partial charge in [0.1, 0.15) is 0 Å². The Kier molecular flexibility index (Phi) is 2.87. The summed E-state index contributed by atoms with van der Waals surface area (Å²) in [5.74, 6) is -0.0137. The van der Waals surface area contributed by atoms with E-state index in [0.29, 0.717) is 17.8 Å². The van der Waals surface area contributed by atoms with Gasteiger partial charge in [0.2, 0.25) is 0 Å². The van der Waals surface area contributed by atoms with Crippen LogP contribution in [0.2, 0.25) is 0 Å². The number of amides is 1. The Morgan fingerprint density at radius 1 is 1.58 bits per heavy atom. The molecule has 3 rings (SSSR count). The van der Waals surface area contributed by atoms with E-state index in [1.807, 2.05) is 0 Å². The Morgan fingerprint density at radius 3 is 3.16 bits per heavy atom. The number of hydrogen-bond donors (Lipinski definition) is 1. The molecule has 6 heteroatoms. The number of carbonyl (C=O) groups is 1. The van der Waals surface area contributed by atoms with Gasteiger partial charge in [0, 0.05) is 32.1 Å². The minimum absolute atomic E-state index is 0.0137. The van der Waals surface area contributed by atoms with Gasteiger partial charge in [0.15, 0.2) is 0 Å². The summed E-state index contributed by atoms with van der Waals surface area (Å²) >= 11 is 0. The molecule has 0 saturated carbocycles. The average Bonchev–Trinajstić information content (AvgIpc) is 3.04. The fraction of sp³-hybridized carbons (Fsp3) is 0.385. The predicted octanol–water partition coefficient (Wildman–Crippen LogP) is 0.777. The zero-order chi connectivity index (χ0) is 13.4. The van der Waals surface area contributed by atoms with Crippen LogP contribution < -0.4 is 5.73 Å². The number of aromatic nitrogens is 2.